The zero-order chi connectivity index (χ0) is 28.5. The van der Waals surface area contributed by atoms with Crippen LogP contribution in [0.2, 0.25) is 0 Å². The molecule has 2 aliphatic rings. The van der Waals surface area contributed by atoms with Gasteiger partial charge in [-0.1, -0.05) is 18.2 Å². The van der Waals surface area contributed by atoms with E-state index in [1.807, 2.05) is 4.90 Å². The second kappa shape index (κ2) is 11.8. The molecule has 0 saturated heterocycles. The van der Waals surface area contributed by atoms with Crippen LogP contribution in [0, 0.1) is 0 Å². The van der Waals surface area contributed by atoms with Crippen LogP contribution in [0.1, 0.15) is 49.1 Å². The van der Waals surface area contributed by atoms with E-state index in [4.69, 9.17) is 36.3 Å². The molecule has 0 bridgehead atoms. The third kappa shape index (κ3) is 6.64. The highest BCUT2D eigenvalue weighted by molar-refractivity contribution is 7.86. The number of fused-ring (bicyclic) bond motifs is 4. The fraction of sp³-hybridized carbons (Fsp3) is 0.440. The lowest BCUT2D eigenvalue weighted by atomic mass is 9.80. The molecule has 14 heteroatoms. The Morgan fingerprint density at radius 3 is 2.08 bits per heavy atom. The topological polar surface area (TPSA) is 133 Å². The van der Waals surface area contributed by atoms with Gasteiger partial charge in [0, 0.05) is 54.5 Å². The predicted octanol–water partition coefficient (Wildman–Crippen LogP) is 2.54. The van der Waals surface area contributed by atoms with E-state index in [1.54, 1.807) is 12.1 Å². The molecular weight excluding hydrogens is 593 g/mol. The van der Waals surface area contributed by atoms with Crippen molar-refractivity contribution in [2.45, 2.75) is 18.6 Å². The van der Waals surface area contributed by atoms with Crippen molar-refractivity contribution in [3.63, 3.8) is 0 Å². The maximum atomic E-state index is 13.7. The molecule has 0 amide bonds. The Bertz CT molecular complexity index is 1500. The number of carbonyl (C=O) groups excluding carboxylic acids is 2. The minimum absolute atomic E-state index is 0.0688. The molecule has 4 rings (SSSR count). The molecule has 0 spiro atoms. The largest absolute Gasteiger partial charge is 0.491 e. The number of rotatable bonds is 12. The molecule has 0 saturated carbocycles. The number of halogens is 2. The minimum Gasteiger partial charge on any atom is -0.491 e. The fourth-order valence-electron chi connectivity index (χ4n) is 4.92. The first-order chi connectivity index (χ1) is 18.3. The molecule has 0 fully saturated rings. The van der Waals surface area contributed by atoms with Crippen LogP contribution < -0.4 is 4.74 Å². The van der Waals surface area contributed by atoms with Crippen molar-refractivity contribution in [3.8, 4) is 5.75 Å². The summed E-state index contributed by atoms with van der Waals surface area (Å²) in [6.07, 6.45) is -1.03. The summed E-state index contributed by atoms with van der Waals surface area (Å²) in [6, 6.07) is 7.61. The molecule has 2 aromatic carbocycles. The van der Waals surface area contributed by atoms with E-state index < -0.39 is 44.0 Å². The van der Waals surface area contributed by atoms with Gasteiger partial charge >= 0.3 is 0 Å². The summed E-state index contributed by atoms with van der Waals surface area (Å²) in [5.41, 5.74) is 1.00. The van der Waals surface area contributed by atoms with E-state index in [0.717, 1.165) is 12.5 Å². The van der Waals surface area contributed by atoms with Gasteiger partial charge in [0.2, 0.25) is 0 Å². The van der Waals surface area contributed by atoms with Gasteiger partial charge in [-0.3, -0.25) is 22.9 Å². The van der Waals surface area contributed by atoms with E-state index in [-0.39, 0.29) is 46.6 Å². The summed E-state index contributed by atoms with van der Waals surface area (Å²) in [5.74, 6) is 0.205. The highest BCUT2D eigenvalue weighted by Crippen LogP contribution is 2.44. The molecule has 2 aromatic rings. The first kappa shape index (κ1) is 29.9. The van der Waals surface area contributed by atoms with Gasteiger partial charge in [0.05, 0.1) is 18.1 Å². The maximum absolute atomic E-state index is 13.7. The highest BCUT2D eigenvalue weighted by atomic mass is 35.5. The maximum Gasteiger partial charge on any atom is 0.265 e. The Morgan fingerprint density at radius 2 is 1.46 bits per heavy atom. The number of ketones is 2. The molecule has 0 aromatic heterocycles. The Labute approximate surface area is 237 Å². The number of nitrogens with zero attached hydrogens (tertiary/aromatic N) is 1. The minimum atomic E-state index is -4.02. The van der Waals surface area contributed by atoms with Crippen molar-refractivity contribution in [1.82, 2.24) is 4.90 Å². The lowest BCUT2D eigenvalue weighted by Crippen LogP contribution is -2.32. The molecule has 10 nitrogen and oxygen atoms in total. The lowest BCUT2D eigenvalue weighted by Gasteiger charge is -2.24. The molecule has 0 aliphatic heterocycles. The SMILES string of the molecule is CS(=O)(=O)OC1Cc2c(ccc3c2C(=O)c2cccc(OCCN(CCCl)CCCl)c2C3=O)C1OS(C)(=O)=O. The molecule has 2 atom stereocenters. The summed E-state index contributed by atoms with van der Waals surface area (Å²) in [5, 5.41) is 0. The quantitative estimate of drug-likeness (QED) is 0.220. The van der Waals surface area contributed by atoms with E-state index in [2.05, 4.69) is 0 Å². The predicted molar refractivity (Wildman–Crippen MR) is 145 cm³/mol. The first-order valence-electron chi connectivity index (χ1n) is 12.0. The van der Waals surface area contributed by atoms with Crippen LogP contribution in [-0.2, 0) is 35.0 Å². The smallest absolute Gasteiger partial charge is 0.265 e. The molecule has 212 valence electrons. The van der Waals surface area contributed by atoms with Gasteiger partial charge in [0.25, 0.3) is 20.2 Å². The summed E-state index contributed by atoms with van der Waals surface area (Å²) < 4.78 is 63.9. The van der Waals surface area contributed by atoms with E-state index >= 15 is 0 Å². The number of ether oxygens (including phenoxy) is 1. The molecule has 39 heavy (non-hydrogen) atoms. The highest BCUT2D eigenvalue weighted by Gasteiger charge is 2.44. The molecule has 0 N–H and O–H groups in total. The van der Waals surface area contributed by atoms with Gasteiger partial charge in [0.1, 0.15) is 24.6 Å². The Kier molecular flexibility index (Phi) is 9.06. The van der Waals surface area contributed by atoms with Crippen LogP contribution in [-0.4, -0.2) is 89.9 Å². The standard InChI is InChI=1S/C25H27Cl2NO9S2/c1-38(31,32)36-20-14-18-15(25(20)37-39(2,33)34)6-7-17-21(18)23(29)16-4-3-5-19(22(16)24(17)30)35-13-12-28(10-8-26)11-9-27/h3-7,20,25H,8-14H2,1-2H3. The Morgan fingerprint density at radius 1 is 0.846 bits per heavy atom. The van der Waals surface area contributed by atoms with Gasteiger partial charge in [-0.25, -0.2) is 0 Å². The zero-order valence-electron chi connectivity index (χ0n) is 21.2. The lowest BCUT2D eigenvalue weighted by molar-refractivity contribution is 0.0780. The molecule has 2 unspecified atom stereocenters. The Hall–Kier alpha value is -2.06. The van der Waals surface area contributed by atoms with Gasteiger partial charge in [-0.05, 0) is 23.3 Å². The van der Waals surface area contributed by atoms with Crippen LogP contribution in [0.3, 0.4) is 0 Å². The average Bonchev–Trinajstić information content (AvgIpc) is 3.16. The van der Waals surface area contributed by atoms with Gasteiger partial charge in [-0.2, -0.15) is 16.8 Å². The normalized spacial score (nSPS) is 18.7. The first-order valence-corrected chi connectivity index (χ1v) is 16.7. The van der Waals surface area contributed by atoms with E-state index in [9.17, 15) is 26.4 Å². The number of hydrogen-bond acceptors (Lipinski definition) is 10. The third-order valence-corrected chi connectivity index (χ3v) is 7.90. The second-order valence-corrected chi connectivity index (χ2v) is 13.2. The van der Waals surface area contributed by atoms with Crippen LogP contribution >= 0.6 is 23.2 Å². The molecule has 0 radical (unpaired) electrons. The van der Waals surface area contributed by atoms with Gasteiger partial charge in [-0.15, -0.1) is 23.2 Å². The van der Waals surface area contributed by atoms with Crippen LogP contribution in [0.4, 0.5) is 0 Å². The van der Waals surface area contributed by atoms with Crippen molar-refractivity contribution in [2.24, 2.45) is 0 Å². The van der Waals surface area contributed by atoms with Gasteiger partial charge < -0.3 is 4.74 Å². The summed E-state index contributed by atoms with van der Waals surface area (Å²) >= 11 is 11.7. The van der Waals surface area contributed by atoms with Crippen molar-refractivity contribution in [2.75, 3.05) is 50.5 Å². The zero-order valence-corrected chi connectivity index (χ0v) is 24.3. The monoisotopic (exact) mass is 619 g/mol. The Balaban J connectivity index is 1.69. The molecule has 2 aliphatic carbocycles. The van der Waals surface area contributed by atoms with E-state index in [0.29, 0.717) is 37.0 Å². The fourth-order valence-corrected chi connectivity index (χ4v) is 6.62. The van der Waals surface area contributed by atoms with Crippen molar-refractivity contribution < 1.29 is 39.5 Å². The summed E-state index contributed by atoms with van der Waals surface area (Å²) in [6.45, 7) is 1.99. The van der Waals surface area contributed by atoms with Crippen molar-refractivity contribution >= 4 is 55.0 Å². The average molecular weight is 621 g/mol. The van der Waals surface area contributed by atoms with Crippen molar-refractivity contribution in [1.29, 1.82) is 0 Å². The van der Waals surface area contributed by atoms with Crippen molar-refractivity contribution in [3.05, 3.63) is 63.7 Å². The number of alkyl halides is 2. The number of benzene rings is 2. The second-order valence-electron chi connectivity index (χ2n) is 9.22. The number of hydrogen-bond donors (Lipinski definition) is 0. The van der Waals surface area contributed by atoms with Crippen LogP contribution in [0.15, 0.2) is 30.3 Å². The van der Waals surface area contributed by atoms with Gasteiger partial charge in [0.15, 0.2) is 11.6 Å². The molecule has 0 heterocycles. The van der Waals surface area contributed by atoms with E-state index in [1.165, 1.54) is 18.2 Å². The van der Waals surface area contributed by atoms with Crippen LogP contribution in [0.25, 0.3) is 0 Å². The summed E-state index contributed by atoms with van der Waals surface area (Å²) in [4.78, 5) is 29.4. The number of carbonyl (C=O) groups is 2. The molecular formula is C25H27Cl2NO9S2. The summed E-state index contributed by atoms with van der Waals surface area (Å²) in [7, 11) is -8.02. The third-order valence-electron chi connectivity index (χ3n) is 6.41. The van der Waals surface area contributed by atoms with Crippen LogP contribution in [0.5, 0.6) is 5.75 Å².